The van der Waals surface area contributed by atoms with Gasteiger partial charge in [0.2, 0.25) is 0 Å². The van der Waals surface area contributed by atoms with E-state index in [9.17, 15) is 0 Å². The van der Waals surface area contributed by atoms with Crippen LogP contribution in [0.5, 0.6) is 0 Å². The van der Waals surface area contributed by atoms with Crippen LogP contribution in [0.1, 0.15) is 38.4 Å². The molecule has 0 unspecified atom stereocenters. The maximum atomic E-state index is 4.46. The Kier molecular flexibility index (Phi) is 5.26. The van der Waals surface area contributed by atoms with E-state index in [1.165, 1.54) is 5.56 Å². The highest BCUT2D eigenvalue weighted by Crippen LogP contribution is 2.10. The van der Waals surface area contributed by atoms with E-state index in [4.69, 9.17) is 0 Å². The summed E-state index contributed by atoms with van der Waals surface area (Å²) in [5.74, 6) is 0.988. The van der Waals surface area contributed by atoms with E-state index < -0.39 is 0 Å². The fourth-order valence-corrected chi connectivity index (χ4v) is 1.51. The summed E-state index contributed by atoms with van der Waals surface area (Å²) in [7, 11) is 0. The van der Waals surface area contributed by atoms with Crippen LogP contribution in [-0.4, -0.2) is 17.6 Å². The van der Waals surface area contributed by atoms with Crippen molar-refractivity contribution in [3.05, 3.63) is 23.4 Å². The fourth-order valence-electron chi connectivity index (χ4n) is 1.51. The quantitative estimate of drug-likeness (QED) is 0.775. The minimum absolute atomic E-state index is 0.514. The highest BCUT2D eigenvalue weighted by Gasteiger charge is 2.00. The molecule has 1 rings (SSSR count). The van der Waals surface area contributed by atoms with Crippen LogP contribution in [0.25, 0.3) is 0 Å². The summed E-state index contributed by atoms with van der Waals surface area (Å²) in [6.07, 6.45) is 1.12. The van der Waals surface area contributed by atoms with Gasteiger partial charge in [-0.1, -0.05) is 20.8 Å². The molecule has 0 aliphatic carbocycles. The molecule has 0 aromatic carbocycles. The lowest BCUT2D eigenvalue weighted by molar-refractivity contribution is 0.588. The summed E-state index contributed by atoms with van der Waals surface area (Å²) >= 11 is 0. The lowest BCUT2D eigenvalue weighted by atomic mass is 10.2. The summed E-state index contributed by atoms with van der Waals surface area (Å²) in [5.41, 5.74) is 2.36. The van der Waals surface area contributed by atoms with Crippen molar-refractivity contribution in [3.8, 4) is 0 Å². The van der Waals surface area contributed by atoms with E-state index in [0.717, 1.165) is 31.0 Å². The van der Waals surface area contributed by atoms with Crippen LogP contribution < -0.4 is 10.6 Å². The molecule has 0 saturated carbocycles. The van der Waals surface area contributed by atoms with Crippen molar-refractivity contribution in [3.63, 3.8) is 0 Å². The highest BCUT2D eigenvalue weighted by atomic mass is 15.0. The zero-order valence-electron chi connectivity index (χ0n) is 10.8. The largest absolute Gasteiger partial charge is 0.370 e. The molecule has 0 atom stereocenters. The van der Waals surface area contributed by atoms with Gasteiger partial charge in [-0.3, -0.25) is 0 Å². The molecule has 0 bridgehead atoms. The van der Waals surface area contributed by atoms with E-state index in [1.54, 1.807) is 0 Å². The first-order valence-electron chi connectivity index (χ1n) is 6.06. The first-order chi connectivity index (χ1) is 7.61. The number of rotatable bonds is 6. The molecule has 0 spiro atoms. The van der Waals surface area contributed by atoms with Crippen molar-refractivity contribution in [1.82, 2.24) is 10.3 Å². The number of aryl methyl sites for hydroxylation is 1. The Morgan fingerprint density at radius 3 is 2.69 bits per heavy atom. The second-order valence-electron chi connectivity index (χ2n) is 4.46. The van der Waals surface area contributed by atoms with Crippen molar-refractivity contribution in [2.24, 2.45) is 0 Å². The standard InChI is InChI=1S/C13H23N3/c1-5-6-14-13-8-12(7-11(4)16-13)9-15-10(2)3/h7-8,10,15H,5-6,9H2,1-4H3,(H,14,16). The Labute approximate surface area is 98.7 Å². The average molecular weight is 221 g/mol. The maximum absolute atomic E-state index is 4.46. The Morgan fingerprint density at radius 2 is 2.06 bits per heavy atom. The molecule has 0 amide bonds. The molecule has 0 aliphatic rings. The average Bonchev–Trinajstić information content (AvgIpc) is 2.23. The molecule has 90 valence electrons. The van der Waals surface area contributed by atoms with Crippen LogP contribution in [0.15, 0.2) is 12.1 Å². The smallest absolute Gasteiger partial charge is 0.126 e. The van der Waals surface area contributed by atoms with Gasteiger partial charge in [-0.05, 0) is 31.0 Å². The van der Waals surface area contributed by atoms with Crippen molar-refractivity contribution in [2.45, 2.75) is 46.7 Å². The molecule has 0 saturated heterocycles. The Balaban J connectivity index is 2.65. The van der Waals surface area contributed by atoms with Gasteiger partial charge in [0.25, 0.3) is 0 Å². The van der Waals surface area contributed by atoms with Crippen LogP contribution in [0, 0.1) is 6.92 Å². The number of hydrogen-bond acceptors (Lipinski definition) is 3. The topological polar surface area (TPSA) is 37.0 Å². The normalized spacial score (nSPS) is 10.8. The molecule has 0 radical (unpaired) electrons. The number of aromatic nitrogens is 1. The van der Waals surface area contributed by atoms with Gasteiger partial charge in [0.05, 0.1) is 0 Å². The third-order valence-electron chi connectivity index (χ3n) is 2.28. The predicted octanol–water partition coefficient (Wildman–Crippen LogP) is 2.71. The summed E-state index contributed by atoms with van der Waals surface area (Å²) < 4.78 is 0. The summed E-state index contributed by atoms with van der Waals surface area (Å²) in [6, 6.07) is 4.77. The van der Waals surface area contributed by atoms with Gasteiger partial charge in [-0.2, -0.15) is 0 Å². The van der Waals surface area contributed by atoms with Gasteiger partial charge in [-0.15, -0.1) is 0 Å². The third-order valence-corrected chi connectivity index (χ3v) is 2.28. The molecule has 16 heavy (non-hydrogen) atoms. The van der Waals surface area contributed by atoms with E-state index in [2.05, 4.69) is 48.5 Å². The van der Waals surface area contributed by atoms with Gasteiger partial charge in [0.1, 0.15) is 5.82 Å². The SMILES string of the molecule is CCCNc1cc(CNC(C)C)cc(C)n1. The molecule has 3 heteroatoms. The second kappa shape index (κ2) is 6.48. The van der Waals surface area contributed by atoms with E-state index in [0.29, 0.717) is 6.04 Å². The van der Waals surface area contributed by atoms with Gasteiger partial charge in [-0.25, -0.2) is 4.98 Å². The molecule has 3 nitrogen and oxygen atoms in total. The minimum Gasteiger partial charge on any atom is -0.370 e. The molecule has 0 aliphatic heterocycles. The van der Waals surface area contributed by atoms with Crippen LogP contribution in [0.4, 0.5) is 5.82 Å². The lowest BCUT2D eigenvalue weighted by Gasteiger charge is -2.11. The lowest BCUT2D eigenvalue weighted by Crippen LogP contribution is -2.22. The van der Waals surface area contributed by atoms with Crippen molar-refractivity contribution in [2.75, 3.05) is 11.9 Å². The summed E-state index contributed by atoms with van der Waals surface area (Å²) in [4.78, 5) is 4.46. The second-order valence-corrected chi connectivity index (χ2v) is 4.46. The minimum atomic E-state index is 0.514. The van der Waals surface area contributed by atoms with Crippen LogP contribution in [0.3, 0.4) is 0 Å². The van der Waals surface area contributed by atoms with E-state index in [1.807, 2.05) is 6.92 Å². The Bertz CT molecular complexity index is 321. The van der Waals surface area contributed by atoms with Crippen molar-refractivity contribution >= 4 is 5.82 Å². The number of hydrogen-bond donors (Lipinski definition) is 2. The Hall–Kier alpha value is -1.09. The fraction of sp³-hybridized carbons (Fsp3) is 0.615. The third kappa shape index (κ3) is 4.62. The van der Waals surface area contributed by atoms with Crippen LogP contribution in [-0.2, 0) is 6.54 Å². The monoisotopic (exact) mass is 221 g/mol. The number of anilines is 1. The van der Waals surface area contributed by atoms with Gasteiger partial charge >= 0.3 is 0 Å². The molecular weight excluding hydrogens is 198 g/mol. The van der Waals surface area contributed by atoms with E-state index in [-0.39, 0.29) is 0 Å². The van der Waals surface area contributed by atoms with Crippen molar-refractivity contribution in [1.29, 1.82) is 0 Å². The summed E-state index contributed by atoms with van der Waals surface area (Å²) in [5, 5.41) is 6.74. The first kappa shape index (κ1) is 13.0. The summed E-state index contributed by atoms with van der Waals surface area (Å²) in [6.45, 7) is 10.4. The number of nitrogens with one attached hydrogen (secondary N) is 2. The van der Waals surface area contributed by atoms with Gasteiger partial charge in [0.15, 0.2) is 0 Å². The molecule has 2 N–H and O–H groups in total. The maximum Gasteiger partial charge on any atom is 0.126 e. The predicted molar refractivity (Wildman–Crippen MR) is 69.7 cm³/mol. The Morgan fingerprint density at radius 1 is 1.31 bits per heavy atom. The van der Waals surface area contributed by atoms with Crippen molar-refractivity contribution < 1.29 is 0 Å². The number of pyridine rings is 1. The molecule has 1 heterocycles. The highest BCUT2D eigenvalue weighted by molar-refractivity contribution is 5.39. The molecule has 1 aromatic rings. The zero-order valence-corrected chi connectivity index (χ0v) is 10.8. The molecule has 1 aromatic heterocycles. The zero-order chi connectivity index (χ0) is 12.0. The molecular formula is C13H23N3. The van der Waals surface area contributed by atoms with Gasteiger partial charge in [0, 0.05) is 24.8 Å². The molecule has 0 fully saturated rings. The van der Waals surface area contributed by atoms with E-state index >= 15 is 0 Å². The van der Waals surface area contributed by atoms with Crippen LogP contribution in [0.2, 0.25) is 0 Å². The van der Waals surface area contributed by atoms with Gasteiger partial charge < -0.3 is 10.6 Å². The number of nitrogens with zero attached hydrogens (tertiary/aromatic N) is 1. The first-order valence-corrected chi connectivity index (χ1v) is 6.06. The van der Waals surface area contributed by atoms with Crippen LogP contribution >= 0.6 is 0 Å².